The lowest BCUT2D eigenvalue weighted by Gasteiger charge is -2.29. The molecule has 6 N–H and O–H groups in total. The van der Waals surface area contributed by atoms with Gasteiger partial charge in [-0.25, -0.2) is 15.0 Å². The number of hydrogen-bond acceptors (Lipinski definition) is 8. The fraction of sp³-hybridized carbons (Fsp3) is 0.400. The van der Waals surface area contributed by atoms with E-state index in [9.17, 15) is 4.79 Å². The summed E-state index contributed by atoms with van der Waals surface area (Å²) in [5, 5.41) is 6.55. The molecule has 0 bridgehead atoms. The highest BCUT2D eigenvalue weighted by molar-refractivity contribution is 5.98. The fourth-order valence-corrected chi connectivity index (χ4v) is 3.58. The predicted octanol–water partition coefficient (Wildman–Crippen LogP) is 4.51. The number of rotatable bonds is 6. The molecule has 1 aliphatic carbocycles. The Bertz CT molecular complexity index is 1030. The van der Waals surface area contributed by atoms with Crippen molar-refractivity contribution in [1.82, 2.24) is 19.9 Å². The summed E-state index contributed by atoms with van der Waals surface area (Å²) in [7, 11) is 0. The van der Waals surface area contributed by atoms with Gasteiger partial charge >= 0.3 is 0 Å². The number of carbonyl (C=O) groups excluding carboxylic acids is 1. The summed E-state index contributed by atoms with van der Waals surface area (Å²) in [5.74, 6) is 0.977. The lowest BCUT2D eigenvalue weighted by atomic mass is 9.91. The summed E-state index contributed by atoms with van der Waals surface area (Å²) in [6.45, 7) is 8.00. The summed E-state index contributed by atoms with van der Waals surface area (Å²) in [6, 6.07) is 7.23. The fourth-order valence-electron chi connectivity index (χ4n) is 3.58. The van der Waals surface area contributed by atoms with E-state index >= 15 is 0 Å². The molecule has 0 aromatic carbocycles. The van der Waals surface area contributed by atoms with Crippen LogP contribution < -0.4 is 22.1 Å². The highest BCUT2D eigenvalue weighted by Gasteiger charge is 2.22. The van der Waals surface area contributed by atoms with Crippen molar-refractivity contribution < 1.29 is 4.79 Å². The maximum Gasteiger partial charge on any atom is 0.252 e. The van der Waals surface area contributed by atoms with E-state index in [1.807, 2.05) is 33.8 Å². The first-order valence-corrected chi connectivity index (χ1v) is 11.9. The highest BCUT2D eigenvalue weighted by atomic mass is 16.1. The van der Waals surface area contributed by atoms with Gasteiger partial charge in [-0.15, -0.1) is 0 Å². The number of hydrogen-bond donors (Lipinski definition) is 4. The molecule has 2 unspecified atom stereocenters. The van der Waals surface area contributed by atoms with Crippen LogP contribution in [0.3, 0.4) is 0 Å². The molecule has 34 heavy (non-hydrogen) atoms. The van der Waals surface area contributed by atoms with Crippen LogP contribution in [0, 0.1) is 0 Å². The van der Waals surface area contributed by atoms with E-state index in [2.05, 4.69) is 30.6 Å². The van der Waals surface area contributed by atoms with Gasteiger partial charge in [-0.3, -0.25) is 9.78 Å². The molecule has 1 amide bonds. The Morgan fingerprint density at radius 1 is 1.03 bits per heavy atom. The van der Waals surface area contributed by atoms with Gasteiger partial charge in [-0.05, 0) is 37.1 Å². The molecule has 3 aromatic rings. The summed E-state index contributed by atoms with van der Waals surface area (Å²) >= 11 is 0. The second-order valence-electron chi connectivity index (χ2n) is 7.32. The normalized spacial score (nSPS) is 16.7. The molecule has 4 rings (SSSR count). The highest BCUT2D eigenvalue weighted by Crippen LogP contribution is 2.25. The maximum atomic E-state index is 11.9. The van der Waals surface area contributed by atoms with E-state index in [0.717, 1.165) is 31.2 Å². The Labute approximate surface area is 201 Å². The van der Waals surface area contributed by atoms with E-state index < -0.39 is 5.91 Å². The molecule has 0 saturated heterocycles. The van der Waals surface area contributed by atoms with Crippen molar-refractivity contribution in [3.63, 3.8) is 0 Å². The van der Waals surface area contributed by atoms with Crippen LogP contribution in [0.2, 0.25) is 0 Å². The van der Waals surface area contributed by atoms with Crippen molar-refractivity contribution in [2.45, 2.75) is 65.5 Å². The molecule has 0 spiro atoms. The SMILES string of the molecule is CC.CC.NC(=O)c1ccc(NC2CCCCC2N)nc1Nc1cncc(-c2ncccn2)c1. The van der Waals surface area contributed by atoms with Crippen LogP contribution in [0.1, 0.15) is 63.7 Å². The monoisotopic (exact) mass is 464 g/mol. The topological polar surface area (TPSA) is 145 Å². The van der Waals surface area contributed by atoms with Crippen molar-refractivity contribution in [3.8, 4) is 11.4 Å². The van der Waals surface area contributed by atoms with E-state index in [-0.39, 0.29) is 17.6 Å². The molecule has 1 saturated carbocycles. The minimum atomic E-state index is -0.568. The predicted molar refractivity (Wildman–Crippen MR) is 138 cm³/mol. The van der Waals surface area contributed by atoms with Gasteiger partial charge in [0.25, 0.3) is 5.91 Å². The van der Waals surface area contributed by atoms with E-state index in [4.69, 9.17) is 11.5 Å². The number of pyridine rings is 2. The Balaban J connectivity index is 0.000000970. The average molecular weight is 465 g/mol. The molecule has 1 aliphatic rings. The number of carbonyl (C=O) groups is 1. The average Bonchev–Trinajstić information content (AvgIpc) is 2.88. The van der Waals surface area contributed by atoms with Crippen LogP contribution in [0.5, 0.6) is 0 Å². The number of primary amides is 1. The second kappa shape index (κ2) is 13.8. The van der Waals surface area contributed by atoms with Crippen LogP contribution in [-0.4, -0.2) is 37.9 Å². The number of amides is 1. The van der Waals surface area contributed by atoms with Crippen molar-refractivity contribution >= 4 is 23.2 Å². The Hall–Kier alpha value is -3.59. The zero-order valence-electron chi connectivity index (χ0n) is 20.5. The molecule has 182 valence electrons. The van der Waals surface area contributed by atoms with E-state index in [1.165, 1.54) is 0 Å². The smallest absolute Gasteiger partial charge is 0.252 e. The van der Waals surface area contributed by atoms with Crippen LogP contribution in [0.15, 0.2) is 49.1 Å². The minimum Gasteiger partial charge on any atom is -0.366 e. The van der Waals surface area contributed by atoms with Crippen molar-refractivity contribution in [1.29, 1.82) is 0 Å². The molecule has 9 heteroatoms. The molecule has 1 fully saturated rings. The van der Waals surface area contributed by atoms with Crippen LogP contribution in [-0.2, 0) is 0 Å². The van der Waals surface area contributed by atoms with Gasteiger partial charge in [-0.1, -0.05) is 40.5 Å². The lowest BCUT2D eigenvalue weighted by molar-refractivity contribution is 0.100. The number of nitrogens with one attached hydrogen (secondary N) is 2. The van der Waals surface area contributed by atoms with Gasteiger partial charge in [0.2, 0.25) is 0 Å². The first-order chi connectivity index (χ1) is 16.6. The van der Waals surface area contributed by atoms with Gasteiger partial charge in [0.1, 0.15) is 11.6 Å². The Kier molecular flexibility index (Phi) is 10.9. The summed E-state index contributed by atoms with van der Waals surface area (Å²) in [6.07, 6.45) is 10.9. The van der Waals surface area contributed by atoms with Crippen LogP contribution in [0.25, 0.3) is 11.4 Å². The Morgan fingerprint density at radius 2 is 1.74 bits per heavy atom. The molecule has 3 aromatic heterocycles. The van der Waals surface area contributed by atoms with Crippen molar-refractivity contribution in [2.75, 3.05) is 10.6 Å². The lowest BCUT2D eigenvalue weighted by Crippen LogP contribution is -2.42. The first-order valence-electron chi connectivity index (χ1n) is 11.9. The van der Waals surface area contributed by atoms with Gasteiger partial charge in [-0.2, -0.15) is 0 Å². The number of anilines is 3. The number of nitrogens with zero attached hydrogens (tertiary/aromatic N) is 4. The van der Waals surface area contributed by atoms with Crippen LogP contribution >= 0.6 is 0 Å². The van der Waals surface area contributed by atoms with Gasteiger partial charge in [0.15, 0.2) is 5.82 Å². The Morgan fingerprint density at radius 3 is 2.41 bits per heavy atom. The molecular formula is C25H36N8O. The molecule has 0 radical (unpaired) electrons. The third kappa shape index (κ3) is 7.21. The summed E-state index contributed by atoms with van der Waals surface area (Å²) in [5.41, 5.74) is 13.5. The van der Waals surface area contributed by atoms with E-state index in [1.54, 1.807) is 43.0 Å². The van der Waals surface area contributed by atoms with Crippen LogP contribution in [0.4, 0.5) is 17.3 Å². The maximum absolute atomic E-state index is 11.9. The molecule has 2 atom stereocenters. The quantitative estimate of drug-likeness (QED) is 0.417. The standard InChI is InChI=1S/C21H24N8O.2C2H6/c22-16-4-1-2-5-17(16)28-18-7-6-15(19(23)30)21(29-18)27-14-10-13(11-24-12-14)20-25-8-3-9-26-20;2*1-2/h3,6-12,16-17H,1-2,4-5,22H2,(H2,23,30)(H2,27,28,29);2*1-2H3. The van der Waals surface area contributed by atoms with Gasteiger partial charge < -0.3 is 22.1 Å². The van der Waals surface area contributed by atoms with Gasteiger partial charge in [0, 0.05) is 36.2 Å². The molecule has 9 nitrogen and oxygen atoms in total. The zero-order valence-corrected chi connectivity index (χ0v) is 20.5. The third-order valence-corrected chi connectivity index (χ3v) is 5.14. The van der Waals surface area contributed by atoms with E-state index in [0.29, 0.717) is 23.1 Å². The largest absolute Gasteiger partial charge is 0.366 e. The van der Waals surface area contributed by atoms with Gasteiger partial charge in [0.05, 0.1) is 17.4 Å². The summed E-state index contributed by atoms with van der Waals surface area (Å²) < 4.78 is 0. The molecular weight excluding hydrogens is 428 g/mol. The minimum absolute atomic E-state index is 0.0829. The van der Waals surface area contributed by atoms with Crippen molar-refractivity contribution in [2.24, 2.45) is 11.5 Å². The number of nitrogens with two attached hydrogens (primary N) is 2. The molecule has 3 heterocycles. The summed E-state index contributed by atoms with van der Waals surface area (Å²) in [4.78, 5) is 29.2. The van der Waals surface area contributed by atoms with Crippen molar-refractivity contribution in [3.05, 3.63) is 54.6 Å². The molecule has 0 aliphatic heterocycles. The second-order valence-corrected chi connectivity index (χ2v) is 7.32. The number of aromatic nitrogens is 4. The first kappa shape index (κ1) is 26.7. The zero-order chi connectivity index (χ0) is 24.9. The third-order valence-electron chi connectivity index (χ3n) is 5.14.